The Morgan fingerprint density at radius 2 is 1.55 bits per heavy atom. The summed E-state index contributed by atoms with van der Waals surface area (Å²) in [6, 6.07) is 11.1. The van der Waals surface area contributed by atoms with Gasteiger partial charge in [-0.15, -0.1) is 13.2 Å². The number of hydrogen-bond donors (Lipinski definition) is 1. The first-order valence-electron chi connectivity index (χ1n) is 8.16. The van der Waals surface area contributed by atoms with Crippen molar-refractivity contribution >= 4 is 11.5 Å². The van der Waals surface area contributed by atoms with Crippen LogP contribution in [0, 0.1) is 6.92 Å². The van der Waals surface area contributed by atoms with E-state index in [1.807, 2.05) is 0 Å². The van der Waals surface area contributed by atoms with E-state index in [-0.39, 0.29) is 22.8 Å². The lowest BCUT2D eigenvalue weighted by Gasteiger charge is -2.12. The molecule has 0 fully saturated rings. The number of halogens is 6. The second kappa shape index (κ2) is 7.61. The van der Waals surface area contributed by atoms with E-state index in [2.05, 4.69) is 20.0 Å². The highest BCUT2D eigenvalue weighted by Gasteiger charge is 2.31. The molecule has 0 aliphatic rings. The number of aryl methyl sites for hydroxylation is 1. The fraction of sp³-hybridized carbons (Fsp3) is 0.158. The quantitative estimate of drug-likeness (QED) is 0.524. The molecule has 0 aliphatic carbocycles. The Morgan fingerprint density at radius 1 is 0.862 bits per heavy atom. The Balaban J connectivity index is 1.85. The second-order valence-corrected chi connectivity index (χ2v) is 5.96. The Hall–Kier alpha value is -3.30. The van der Waals surface area contributed by atoms with Crippen LogP contribution in [0.15, 0.2) is 54.6 Å². The monoisotopic (exact) mass is 413 g/mol. The van der Waals surface area contributed by atoms with E-state index in [1.165, 1.54) is 30.3 Å². The lowest BCUT2D eigenvalue weighted by atomic mass is 10.1. The fourth-order valence-electron chi connectivity index (χ4n) is 2.52. The van der Waals surface area contributed by atoms with Gasteiger partial charge in [0.15, 0.2) is 0 Å². The predicted octanol–water partition coefficient (Wildman–Crippen LogP) is 6.11. The van der Waals surface area contributed by atoms with E-state index in [4.69, 9.17) is 0 Å². The van der Waals surface area contributed by atoms with Crippen molar-refractivity contribution in [1.82, 2.24) is 9.97 Å². The summed E-state index contributed by atoms with van der Waals surface area (Å²) in [5.41, 5.74) is 0.124. The van der Waals surface area contributed by atoms with Crippen LogP contribution in [0.2, 0.25) is 0 Å². The largest absolute Gasteiger partial charge is 0.573 e. The highest BCUT2D eigenvalue weighted by Crippen LogP contribution is 2.32. The summed E-state index contributed by atoms with van der Waals surface area (Å²) in [5, 5.41) is 2.88. The zero-order valence-electron chi connectivity index (χ0n) is 14.8. The van der Waals surface area contributed by atoms with Gasteiger partial charge in [0.2, 0.25) is 0 Å². The molecule has 0 amide bonds. The van der Waals surface area contributed by atoms with Gasteiger partial charge in [0.05, 0.1) is 11.3 Å². The lowest BCUT2D eigenvalue weighted by Crippen LogP contribution is -2.16. The average molecular weight is 413 g/mol. The van der Waals surface area contributed by atoms with Crippen molar-refractivity contribution in [3.05, 3.63) is 66.0 Å². The first kappa shape index (κ1) is 20.4. The van der Waals surface area contributed by atoms with Gasteiger partial charge in [-0.2, -0.15) is 13.2 Å². The van der Waals surface area contributed by atoms with Crippen molar-refractivity contribution in [2.75, 3.05) is 5.32 Å². The number of rotatable bonds is 4. The second-order valence-electron chi connectivity index (χ2n) is 5.96. The van der Waals surface area contributed by atoms with Gasteiger partial charge in [0.1, 0.15) is 17.4 Å². The van der Waals surface area contributed by atoms with Crippen LogP contribution in [0.25, 0.3) is 11.3 Å². The van der Waals surface area contributed by atoms with Crippen molar-refractivity contribution in [3.8, 4) is 17.0 Å². The van der Waals surface area contributed by atoms with Crippen LogP contribution < -0.4 is 10.1 Å². The van der Waals surface area contributed by atoms with Crippen molar-refractivity contribution in [1.29, 1.82) is 0 Å². The molecule has 1 aromatic heterocycles. The molecule has 0 spiro atoms. The maximum absolute atomic E-state index is 12.9. The minimum absolute atomic E-state index is 0.252. The number of anilines is 2. The van der Waals surface area contributed by atoms with Crippen molar-refractivity contribution < 1.29 is 31.1 Å². The van der Waals surface area contributed by atoms with Crippen LogP contribution in [0.4, 0.5) is 37.8 Å². The van der Waals surface area contributed by atoms with Crippen LogP contribution in [0.1, 0.15) is 11.4 Å². The first-order chi connectivity index (χ1) is 13.5. The van der Waals surface area contributed by atoms with Crippen LogP contribution in [0.3, 0.4) is 0 Å². The molecule has 4 nitrogen and oxygen atoms in total. The molecule has 2 aromatic carbocycles. The lowest BCUT2D eigenvalue weighted by molar-refractivity contribution is -0.274. The number of nitrogens with one attached hydrogen (secondary N) is 1. The van der Waals surface area contributed by atoms with E-state index in [9.17, 15) is 26.3 Å². The summed E-state index contributed by atoms with van der Waals surface area (Å²) in [5.74, 6) is 0.195. The van der Waals surface area contributed by atoms with Gasteiger partial charge in [-0.25, -0.2) is 9.97 Å². The average Bonchev–Trinajstić information content (AvgIpc) is 2.61. The van der Waals surface area contributed by atoms with Crippen LogP contribution in [-0.2, 0) is 6.18 Å². The first-order valence-corrected chi connectivity index (χ1v) is 8.16. The number of benzene rings is 2. The molecular weight excluding hydrogens is 400 g/mol. The molecule has 10 heteroatoms. The van der Waals surface area contributed by atoms with Gasteiger partial charge in [0.25, 0.3) is 0 Å². The molecule has 0 radical (unpaired) electrons. The Labute approximate surface area is 161 Å². The zero-order valence-corrected chi connectivity index (χ0v) is 14.8. The highest BCUT2D eigenvalue weighted by atomic mass is 19.4. The molecular formula is C19H13F6N3O. The van der Waals surface area contributed by atoms with Gasteiger partial charge >= 0.3 is 12.5 Å². The summed E-state index contributed by atoms with van der Waals surface area (Å²) in [4.78, 5) is 8.31. The molecule has 1 heterocycles. The Bertz CT molecular complexity index is 1000. The summed E-state index contributed by atoms with van der Waals surface area (Å²) in [6.07, 6.45) is -9.28. The number of hydrogen-bond acceptors (Lipinski definition) is 4. The van der Waals surface area contributed by atoms with Crippen molar-refractivity contribution in [3.63, 3.8) is 0 Å². The van der Waals surface area contributed by atoms with Crippen molar-refractivity contribution in [2.45, 2.75) is 19.5 Å². The summed E-state index contributed by atoms with van der Waals surface area (Å²) >= 11 is 0. The molecule has 152 valence electrons. The SMILES string of the molecule is Cc1nc(Nc2ccc(OC(F)(F)F)cc2)cc(-c2cccc(C(F)(F)F)c2)n1. The molecule has 0 atom stereocenters. The minimum Gasteiger partial charge on any atom is -0.406 e. The molecule has 1 N–H and O–H groups in total. The van der Waals surface area contributed by atoms with E-state index in [0.29, 0.717) is 11.5 Å². The van der Waals surface area contributed by atoms with Crippen LogP contribution in [-0.4, -0.2) is 16.3 Å². The normalized spacial score (nSPS) is 12.0. The zero-order chi connectivity index (χ0) is 21.2. The van der Waals surface area contributed by atoms with E-state index < -0.39 is 18.1 Å². The van der Waals surface area contributed by atoms with Crippen LogP contribution >= 0.6 is 0 Å². The predicted molar refractivity (Wildman–Crippen MR) is 93.6 cm³/mol. The smallest absolute Gasteiger partial charge is 0.406 e. The molecule has 29 heavy (non-hydrogen) atoms. The molecule has 3 rings (SSSR count). The standard InChI is InChI=1S/C19H13F6N3O/c1-11-26-16(12-3-2-4-13(9-12)18(20,21)22)10-17(27-11)28-14-5-7-15(8-6-14)29-19(23,24)25/h2-10H,1H3,(H,26,27,28). The molecule has 0 unspecified atom stereocenters. The maximum Gasteiger partial charge on any atom is 0.573 e. The third kappa shape index (κ3) is 5.59. The Morgan fingerprint density at radius 3 is 2.17 bits per heavy atom. The number of alkyl halides is 6. The minimum atomic E-state index is -4.79. The van der Waals surface area contributed by atoms with Gasteiger partial charge in [-0.1, -0.05) is 12.1 Å². The van der Waals surface area contributed by atoms with Crippen LogP contribution in [0.5, 0.6) is 5.75 Å². The van der Waals surface area contributed by atoms with Gasteiger partial charge in [-0.05, 0) is 43.3 Å². The van der Waals surface area contributed by atoms with Gasteiger partial charge in [0, 0.05) is 17.3 Å². The van der Waals surface area contributed by atoms with Gasteiger partial charge < -0.3 is 10.1 Å². The van der Waals surface area contributed by atoms with E-state index >= 15 is 0 Å². The topological polar surface area (TPSA) is 47.0 Å². The Kier molecular flexibility index (Phi) is 5.36. The summed E-state index contributed by atoms with van der Waals surface area (Å²) in [7, 11) is 0. The maximum atomic E-state index is 12.9. The number of aromatic nitrogens is 2. The third-order valence-corrected chi connectivity index (χ3v) is 3.68. The molecule has 3 aromatic rings. The van der Waals surface area contributed by atoms with Gasteiger partial charge in [-0.3, -0.25) is 0 Å². The summed E-state index contributed by atoms with van der Waals surface area (Å²) < 4.78 is 79.3. The number of ether oxygens (including phenoxy) is 1. The van der Waals surface area contributed by atoms with Crippen molar-refractivity contribution in [2.24, 2.45) is 0 Å². The molecule has 0 saturated heterocycles. The van der Waals surface area contributed by atoms with E-state index in [1.54, 1.807) is 6.92 Å². The molecule has 0 bridgehead atoms. The molecule has 0 saturated carbocycles. The fourth-order valence-corrected chi connectivity index (χ4v) is 2.52. The highest BCUT2D eigenvalue weighted by molar-refractivity contribution is 5.66. The third-order valence-electron chi connectivity index (χ3n) is 3.68. The summed E-state index contributed by atoms with van der Waals surface area (Å²) in [6.45, 7) is 1.57. The molecule has 0 aliphatic heterocycles. The number of nitrogens with zero attached hydrogens (tertiary/aromatic N) is 2. The van der Waals surface area contributed by atoms with E-state index in [0.717, 1.165) is 24.3 Å².